The maximum Gasteiger partial charge on any atom is 0.405 e. The van der Waals surface area contributed by atoms with Gasteiger partial charge in [-0.3, -0.25) is 4.79 Å². The Hall–Kier alpha value is -1.06. The van der Waals surface area contributed by atoms with E-state index in [1.165, 1.54) is 6.42 Å². The molecule has 0 aromatic carbocycles. The lowest BCUT2D eigenvalue weighted by atomic mass is 9.86. The Morgan fingerprint density at radius 1 is 1.23 bits per heavy atom. The summed E-state index contributed by atoms with van der Waals surface area (Å²) in [6.07, 6.45) is 4.15. The van der Waals surface area contributed by atoms with Crippen LogP contribution in [0.5, 0.6) is 0 Å². The monoisotopic (exact) mass is 185 g/mol. The van der Waals surface area contributed by atoms with E-state index < -0.39 is 6.09 Å². The first-order valence-corrected chi connectivity index (χ1v) is 4.69. The lowest BCUT2D eigenvalue weighted by Crippen LogP contribution is -2.32. The molecule has 0 radical (unpaired) electrons. The number of carbonyl (C=O) groups excluding carboxylic acids is 1. The van der Waals surface area contributed by atoms with Gasteiger partial charge in [0.15, 0.2) is 5.78 Å². The number of amides is 1. The minimum Gasteiger partial charge on any atom is -0.465 e. The van der Waals surface area contributed by atoms with E-state index in [2.05, 4.69) is 5.32 Å². The third-order valence-corrected chi connectivity index (χ3v) is 2.47. The molecule has 0 aromatic heterocycles. The third kappa shape index (κ3) is 3.44. The Kier molecular flexibility index (Phi) is 3.73. The molecule has 0 bridgehead atoms. The molecule has 0 unspecified atom stereocenters. The quantitative estimate of drug-likeness (QED) is 0.698. The predicted molar refractivity (Wildman–Crippen MR) is 47.6 cm³/mol. The molecule has 1 amide bonds. The maximum atomic E-state index is 11.4. The van der Waals surface area contributed by atoms with Crippen LogP contribution < -0.4 is 5.32 Å². The summed E-state index contributed by atoms with van der Waals surface area (Å²) in [5.41, 5.74) is 0. The van der Waals surface area contributed by atoms with Crippen LogP contribution in [0.3, 0.4) is 0 Å². The van der Waals surface area contributed by atoms with Gasteiger partial charge in [0.1, 0.15) is 0 Å². The van der Waals surface area contributed by atoms with Gasteiger partial charge in [-0.25, -0.2) is 4.79 Å². The number of nitrogens with one attached hydrogen (secondary N) is 1. The summed E-state index contributed by atoms with van der Waals surface area (Å²) in [5.74, 6) is 0.141. The summed E-state index contributed by atoms with van der Waals surface area (Å²) in [6.45, 7) is -0.0278. The van der Waals surface area contributed by atoms with Crippen molar-refractivity contribution in [1.82, 2.24) is 5.32 Å². The topological polar surface area (TPSA) is 66.4 Å². The Labute approximate surface area is 77.3 Å². The van der Waals surface area contributed by atoms with Crippen molar-refractivity contribution in [1.29, 1.82) is 0 Å². The van der Waals surface area contributed by atoms with Gasteiger partial charge in [-0.2, -0.15) is 0 Å². The van der Waals surface area contributed by atoms with Crippen molar-refractivity contribution in [3.63, 3.8) is 0 Å². The summed E-state index contributed by atoms with van der Waals surface area (Å²) in [7, 11) is 0. The molecule has 0 heterocycles. The van der Waals surface area contributed by atoms with Crippen LogP contribution in [0.15, 0.2) is 0 Å². The SMILES string of the molecule is O=C(O)NCC(=O)C1CCCCC1. The predicted octanol–water partition coefficient (Wildman–Crippen LogP) is 1.40. The average Bonchev–Trinajstić information content (AvgIpc) is 2.15. The van der Waals surface area contributed by atoms with Crippen molar-refractivity contribution < 1.29 is 14.7 Å². The molecule has 0 aromatic rings. The van der Waals surface area contributed by atoms with Crippen molar-refractivity contribution in [2.75, 3.05) is 6.54 Å². The fourth-order valence-electron chi connectivity index (χ4n) is 1.73. The van der Waals surface area contributed by atoms with E-state index >= 15 is 0 Å². The molecule has 1 saturated carbocycles. The largest absolute Gasteiger partial charge is 0.465 e. The second-order valence-corrected chi connectivity index (χ2v) is 3.46. The zero-order valence-corrected chi connectivity index (χ0v) is 7.58. The van der Waals surface area contributed by atoms with Gasteiger partial charge in [-0.15, -0.1) is 0 Å². The van der Waals surface area contributed by atoms with Crippen LogP contribution in [0.25, 0.3) is 0 Å². The Morgan fingerprint density at radius 2 is 1.85 bits per heavy atom. The normalized spacial score (nSPS) is 18.2. The summed E-state index contributed by atoms with van der Waals surface area (Å²) in [4.78, 5) is 21.5. The molecule has 0 saturated heterocycles. The number of ketones is 1. The van der Waals surface area contributed by atoms with Gasteiger partial charge in [0, 0.05) is 5.92 Å². The number of carboxylic acid groups (broad SMARTS) is 1. The van der Waals surface area contributed by atoms with Crippen molar-refractivity contribution in [2.24, 2.45) is 5.92 Å². The van der Waals surface area contributed by atoms with Crippen molar-refractivity contribution >= 4 is 11.9 Å². The van der Waals surface area contributed by atoms with E-state index in [-0.39, 0.29) is 18.2 Å². The highest BCUT2D eigenvalue weighted by atomic mass is 16.4. The minimum absolute atomic E-state index is 0.0278. The molecular formula is C9H15NO3. The first-order valence-electron chi connectivity index (χ1n) is 4.69. The summed E-state index contributed by atoms with van der Waals surface area (Å²) >= 11 is 0. The van der Waals surface area contributed by atoms with Gasteiger partial charge in [0.2, 0.25) is 0 Å². The van der Waals surface area contributed by atoms with Gasteiger partial charge in [0.25, 0.3) is 0 Å². The fraction of sp³-hybridized carbons (Fsp3) is 0.778. The molecule has 13 heavy (non-hydrogen) atoms. The van der Waals surface area contributed by atoms with E-state index in [0.717, 1.165) is 25.7 Å². The highest BCUT2D eigenvalue weighted by Gasteiger charge is 2.20. The van der Waals surface area contributed by atoms with Crippen LogP contribution in [0.2, 0.25) is 0 Å². The van der Waals surface area contributed by atoms with Crippen molar-refractivity contribution in [3.8, 4) is 0 Å². The van der Waals surface area contributed by atoms with Crippen LogP contribution in [-0.2, 0) is 4.79 Å². The fourth-order valence-corrected chi connectivity index (χ4v) is 1.73. The Morgan fingerprint density at radius 3 is 2.38 bits per heavy atom. The molecule has 1 aliphatic carbocycles. The van der Waals surface area contributed by atoms with E-state index in [1.807, 2.05) is 0 Å². The van der Waals surface area contributed by atoms with Crippen LogP contribution in [-0.4, -0.2) is 23.5 Å². The van der Waals surface area contributed by atoms with E-state index in [4.69, 9.17) is 5.11 Å². The average molecular weight is 185 g/mol. The smallest absolute Gasteiger partial charge is 0.405 e. The lowest BCUT2D eigenvalue weighted by molar-refractivity contribution is -0.122. The summed E-state index contributed by atoms with van der Waals surface area (Å²) in [5, 5.41) is 10.4. The Bertz CT molecular complexity index is 197. The van der Waals surface area contributed by atoms with Crippen LogP contribution in [0.1, 0.15) is 32.1 Å². The van der Waals surface area contributed by atoms with Crippen molar-refractivity contribution in [3.05, 3.63) is 0 Å². The number of carbonyl (C=O) groups is 2. The molecule has 0 spiro atoms. The standard InChI is InChI=1S/C9H15NO3/c11-8(6-10-9(12)13)7-4-2-1-3-5-7/h7,10H,1-6H2,(H,12,13). The molecule has 1 aliphatic rings. The zero-order chi connectivity index (χ0) is 9.68. The van der Waals surface area contributed by atoms with Crippen LogP contribution in [0, 0.1) is 5.92 Å². The zero-order valence-electron chi connectivity index (χ0n) is 7.58. The van der Waals surface area contributed by atoms with Crippen LogP contribution >= 0.6 is 0 Å². The third-order valence-electron chi connectivity index (χ3n) is 2.47. The maximum absolute atomic E-state index is 11.4. The van der Waals surface area contributed by atoms with Gasteiger partial charge in [-0.05, 0) is 12.8 Å². The van der Waals surface area contributed by atoms with Gasteiger partial charge in [0.05, 0.1) is 6.54 Å². The number of hydrogen-bond donors (Lipinski definition) is 2. The number of hydrogen-bond acceptors (Lipinski definition) is 2. The molecule has 4 nitrogen and oxygen atoms in total. The minimum atomic E-state index is -1.12. The van der Waals surface area contributed by atoms with Crippen molar-refractivity contribution in [2.45, 2.75) is 32.1 Å². The lowest BCUT2D eigenvalue weighted by Gasteiger charge is -2.19. The highest BCUT2D eigenvalue weighted by molar-refractivity contribution is 5.85. The second-order valence-electron chi connectivity index (χ2n) is 3.46. The molecule has 1 fully saturated rings. The molecule has 74 valence electrons. The molecule has 0 aliphatic heterocycles. The van der Waals surface area contributed by atoms with Gasteiger partial charge < -0.3 is 10.4 Å². The second kappa shape index (κ2) is 4.84. The van der Waals surface area contributed by atoms with Crippen LogP contribution in [0.4, 0.5) is 4.79 Å². The molecular weight excluding hydrogens is 170 g/mol. The number of Topliss-reactive ketones (excluding diaryl/α,β-unsaturated/α-hetero) is 1. The highest BCUT2D eigenvalue weighted by Crippen LogP contribution is 2.23. The molecule has 1 rings (SSSR count). The summed E-state index contributed by atoms with van der Waals surface area (Å²) in [6, 6.07) is 0. The van der Waals surface area contributed by atoms with E-state index in [9.17, 15) is 9.59 Å². The van der Waals surface area contributed by atoms with E-state index in [1.54, 1.807) is 0 Å². The van der Waals surface area contributed by atoms with E-state index in [0.29, 0.717) is 0 Å². The Balaban J connectivity index is 2.25. The molecule has 4 heteroatoms. The summed E-state index contributed by atoms with van der Waals surface area (Å²) < 4.78 is 0. The number of rotatable bonds is 3. The first kappa shape index (κ1) is 10.0. The molecule has 2 N–H and O–H groups in total. The van der Waals surface area contributed by atoms with Gasteiger partial charge in [-0.1, -0.05) is 19.3 Å². The first-order chi connectivity index (χ1) is 6.20. The van der Waals surface area contributed by atoms with Gasteiger partial charge >= 0.3 is 6.09 Å². The molecule has 0 atom stereocenters.